The highest BCUT2D eigenvalue weighted by molar-refractivity contribution is 7.91. The molecule has 254 valence electrons. The molecule has 0 unspecified atom stereocenters. The van der Waals surface area contributed by atoms with Crippen molar-refractivity contribution < 1.29 is 31.1 Å². The highest BCUT2D eigenvalue weighted by Crippen LogP contribution is 2.33. The van der Waals surface area contributed by atoms with Gasteiger partial charge >= 0.3 is 6.18 Å². The number of alkyl halides is 3. The second kappa shape index (κ2) is 14.5. The summed E-state index contributed by atoms with van der Waals surface area (Å²) in [6.07, 6.45) is 2.04. The number of ether oxygens (including phenoxy) is 1. The van der Waals surface area contributed by atoms with Gasteiger partial charge in [0.15, 0.2) is 0 Å². The van der Waals surface area contributed by atoms with Crippen molar-refractivity contribution in [3.63, 3.8) is 0 Å². The minimum absolute atomic E-state index is 0.142. The summed E-state index contributed by atoms with van der Waals surface area (Å²) in [5.41, 5.74) is 2.53. The van der Waals surface area contributed by atoms with Crippen molar-refractivity contribution in [2.75, 3.05) is 50.7 Å². The molecule has 1 amide bonds. The smallest absolute Gasteiger partial charge is 0.406 e. The number of aromatic nitrogens is 1. The fraction of sp³-hybridized carbons (Fsp3) is 0.500. The van der Waals surface area contributed by atoms with Crippen LogP contribution >= 0.6 is 0 Å². The second-order valence-corrected chi connectivity index (χ2v) is 14.7. The number of carbonyl (C=O) groups is 1. The van der Waals surface area contributed by atoms with Gasteiger partial charge in [0.2, 0.25) is 0 Å². The minimum Gasteiger partial charge on any atom is -0.495 e. The topological polar surface area (TPSA) is 105 Å². The van der Waals surface area contributed by atoms with Crippen molar-refractivity contribution in [2.45, 2.75) is 68.6 Å². The Bertz CT molecular complexity index is 1750. The molecule has 2 aliphatic rings. The molecule has 3 aromatic rings. The molecule has 1 saturated carbocycles. The molecule has 47 heavy (non-hydrogen) atoms. The van der Waals surface area contributed by atoms with Crippen molar-refractivity contribution in [3.05, 3.63) is 53.7 Å². The van der Waals surface area contributed by atoms with E-state index in [0.717, 1.165) is 44.5 Å². The Morgan fingerprint density at radius 1 is 1.02 bits per heavy atom. The molecular formula is C34H42F3N5O4S. The molecule has 13 heteroatoms. The number of benzene rings is 2. The number of amides is 1. The van der Waals surface area contributed by atoms with E-state index in [1.54, 1.807) is 36.4 Å². The van der Waals surface area contributed by atoms with Crippen LogP contribution in [0.3, 0.4) is 0 Å². The van der Waals surface area contributed by atoms with Gasteiger partial charge in [0.25, 0.3) is 5.91 Å². The van der Waals surface area contributed by atoms with Crippen molar-refractivity contribution in [1.29, 1.82) is 0 Å². The van der Waals surface area contributed by atoms with E-state index >= 15 is 0 Å². The quantitative estimate of drug-likeness (QED) is 0.266. The number of nitrogens with one attached hydrogen (secondary N) is 3. The molecule has 2 fully saturated rings. The van der Waals surface area contributed by atoms with Gasteiger partial charge in [-0.15, -0.1) is 0 Å². The maximum absolute atomic E-state index is 13.7. The molecular weight excluding hydrogens is 631 g/mol. The van der Waals surface area contributed by atoms with Crippen molar-refractivity contribution >= 4 is 38.0 Å². The van der Waals surface area contributed by atoms with Gasteiger partial charge in [-0.3, -0.25) is 4.79 Å². The molecule has 0 spiro atoms. The van der Waals surface area contributed by atoms with E-state index in [-0.39, 0.29) is 29.4 Å². The number of halogens is 3. The maximum atomic E-state index is 13.7. The van der Waals surface area contributed by atoms with E-state index in [1.807, 2.05) is 6.07 Å². The molecule has 9 nitrogen and oxygen atoms in total. The Labute approximate surface area is 274 Å². The molecule has 5 rings (SSSR count). The maximum Gasteiger partial charge on any atom is 0.406 e. The summed E-state index contributed by atoms with van der Waals surface area (Å²) < 4.78 is 71.6. The summed E-state index contributed by atoms with van der Waals surface area (Å²) in [6.45, 7) is 0.573. The molecule has 2 heterocycles. The third-order valence-electron chi connectivity index (χ3n) is 9.21. The van der Waals surface area contributed by atoms with Crippen LogP contribution < -0.4 is 20.7 Å². The van der Waals surface area contributed by atoms with Crippen LogP contribution in [0.25, 0.3) is 10.9 Å². The van der Waals surface area contributed by atoms with E-state index in [0.29, 0.717) is 46.8 Å². The van der Waals surface area contributed by atoms with Gasteiger partial charge < -0.3 is 30.2 Å². The number of nitrogens with zero attached hydrogens (tertiary/aromatic N) is 2. The van der Waals surface area contributed by atoms with Gasteiger partial charge in [-0.25, -0.2) is 8.42 Å². The normalized spacial score (nSPS) is 19.5. The molecule has 1 aliphatic carbocycles. The zero-order valence-corrected chi connectivity index (χ0v) is 27.7. The zero-order chi connectivity index (χ0) is 33.8. The third-order valence-corrected chi connectivity index (χ3v) is 10.9. The Balaban J connectivity index is 1.27. The molecule has 2 aromatic carbocycles. The lowest BCUT2D eigenvalue weighted by molar-refractivity contribution is -0.140. The first-order valence-corrected chi connectivity index (χ1v) is 17.8. The summed E-state index contributed by atoms with van der Waals surface area (Å²) in [4.78, 5) is 14.4. The van der Waals surface area contributed by atoms with Crippen molar-refractivity contribution in [1.82, 2.24) is 14.8 Å². The number of carbonyl (C=O) groups excluding carboxylic acids is 1. The van der Waals surface area contributed by atoms with Crippen LogP contribution in [0.2, 0.25) is 0 Å². The van der Waals surface area contributed by atoms with E-state index in [4.69, 9.17) is 4.74 Å². The standard InChI is InChI=1S/C34H42F3N5O4S/c1-38-33(43)23-9-14-30(32(20-23)46-2)39-17-5-6-26-21-28-29(7-4-8-31(28)42(26)22-34(35,36)37)40-24-10-12-25(13-11-24)41-18-15-27(16-19-41)47(3,44)45/h4,7-9,14,20-21,24-25,27,39-40H,10-13,15-19,22H2,1-3H3,(H,38,43). The molecule has 0 radical (unpaired) electrons. The predicted molar refractivity (Wildman–Crippen MR) is 179 cm³/mol. The van der Waals surface area contributed by atoms with E-state index in [9.17, 15) is 26.4 Å². The number of methoxy groups -OCH3 is 1. The van der Waals surface area contributed by atoms with Gasteiger partial charge in [0.1, 0.15) is 22.1 Å². The first kappa shape index (κ1) is 34.4. The van der Waals surface area contributed by atoms with Crippen molar-refractivity contribution in [3.8, 4) is 17.6 Å². The second-order valence-electron chi connectivity index (χ2n) is 12.3. The highest BCUT2D eigenvalue weighted by Gasteiger charge is 2.33. The van der Waals surface area contributed by atoms with Crippen LogP contribution in [-0.2, 0) is 16.4 Å². The Hall–Kier alpha value is -3.89. The van der Waals surface area contributed by atoms with Gasteiger partial charge in [-0.2, -0.15) is 13.2 Å². The first-order valence-electron chi connectivity index (χ1n) is 15.9. The fourth-order valence-corrected chi connectivity index (χ4v) is 7.80. The minimum atomic E-state index is -4.43. The van der Waals surface area contributed by atoms with Crippen molar-refractivity contribution in [2.24, 2.45) is 0 Å². The average molecular weight is 674 g/mol. The van der Waals surface area contributed by atoms with E-state index in [1.165, 1.54) is 25.0 Å². The number of likely N-dealkylation sites (tertiary alicyclic amines) is 1. The molecule has 0 atom stereocenters. The summed E-state index contributed by atoms with van der Waals surface area (Å²) in [5, 5.41) is 9.72. The Morgan fingerprint density at radius 2 is 1.74 bits per heavy atom. The predicted octanol–water partition coefficient (Wildman–Crippen LogP) is 5.27. The molecule has 1 saturated heterocycles. The number of hydrogen-bond donors (Lipinski definition) is 3. The van der Waals surface area contributed by atoms with Gasteiger partial charge in [-0.1, -0.05) is 12.0 Å². The van der Waals surface area contributed by atoms with E-state index in [2.05, 4.69) is 32.7 Å². The Morgan fingerprint density at radius 3 is 2.38 bits per heavy atom. The highest BCUT2D eigenvalue weighted by atomic mass is 32.2. The number of piperidine rings is 1. The summed E-state index contributed by atoms with van der Waals surface area (Å²) in [5.74, 6) is 6.07. The van der Waals surface area contributed by atoms with Crippen LogP contribution in [0, 0.1) is 11.8 Å². The number of fused-ring (bicyclic) bond motifs is 1. The average Bonchev–Trinajstić information content (AvgIpc) is 3.39. The lowest BCUT2D eigenvalue weighted by Crippen LogP contribution is -2.46. The van der Waals surface area contributed by atoms with Crippen LogP contribution in [0.15, 0.2) is 42.5 Å². The number of rotatable bonds is 9. The number of hydrogen-bond acceptors (Lipinski definition) is 7. The van der Waals surface area contributed by atoms with Crippen LogP contribution in [0.4, 0.5) is 24.5 Å². The summed E-state index contributed by atoms with van der Waals surface area (Å²) in [6, 6.07) is 12.6. The van der Waals surface area contributed by atoms with Gasteiger partial charge in [-0.05, 0) is 93.9 Å². The summed E-state index contributed by atoms with van der Waals surface area (Å²) >= 11 is 0. The summed E-state index contributed by atoms with van der Waals surface area (Å²) in [7, 11) is 0.0161. The molecule has 1 aliphatic heterocycles. The lowest BCUT2D eigenvalue weighted by Gasteiger charge is -2.40. The first-order chi connectivity index (χ1) is 22.4. The third kappa shape index (κ3) is 8.53. The lowest BCUT2D eigenvalue weighted by atomic mass is 9.89. The molecule has 3 N–H and O–H groups in total. The van der Waals surface area contributed by atoms with Crippen LogP contribution in [0.5, 0.6) is 5.75 Å². The Kier molecular flexibility index (Phi) is 10.6. The van der Waals surface area contributed by atoms with Gasteiger partial charge in [0.05, 0.1) is 35.8 Å². The fourth-order valence-electron chi connectivity index (χ4n) is 6.73. The SMILES string of the molecule is CNC(=O)c1ccc(NCC#Cc2cc3c(NC4CCC(N5CCC(S(C)(=O)=O)CC5)CC4)cccc3n2CC(F)(F)F)c(OC)c1. The molecule has 0 bridgehead atoms. The van der Waals surface area contributed by atoms with Crippen LogP contribution in [0.1, 0.15) is 54.6 Å². The van der Waals surface area contributed by atoms with Crippen LogP contribution in [-0.4, -0.2) is 87.3 Å². The largest absolute Gasteiger partial charge is 0.495 e. The zero-order valence-electron chi connectivity index (χ0n) is 26.9. The number of anilines is 2. The molecule has 1 aromatic heterocycles. The monoisotopic (exact) mass is 673 g/mol. The number of sulfone groups is 1. The van der Waals surface area contributed by atoms with E-state index < -0.39 is 22.6 Å². The van der Waals surface area contributed by atoms with Gasteiger partial charge in [0, 0.05) is 42.0 Å².